The number of hydrogen-bond donors (Lipinski definition) is 2. The van der Waals surface area contributed by atoms with Gasteiger partial charge in [-0.2, -0.15) is 0 Å². The van der Waals surface area contributed by atoms with Crippen LogP contribution >= 0.6 is 0 Å². The quantitative estimate of drug-likeness (QED) is 0.727. The summed E-state index contributed by atoms with van der Waals surface area (Å²) in [5, 5.41) is 21.9. The van der Waals surface area contributed by atoms with E-state index in [1.165, 1.54) is 22.4 Å². The molecule has 1 heterocycles. The Morgan fingerprint density at radius 3 is 2.58 bits per heavy atom. The average Bonchev–Trinajstić information content (AvgIpc) is 2.93. The van der Waals surface area contributed by atoms with Crippen molar-refractivity contribution in [3.8, 4) is 11.5 Å². The van der Waals surface area contributed by atoms with E-state index in [0.717, 1.165) is 12.0 Å². The standard InChI is InChI=1S/C20H17NO3/c22-17-8-7-16-12-21(20(24)18(16)19(17)23)10-9-13-5-6-14-3-1-2-4-15(14)11-13/h1-8,11,22-23H,9-10,12H2. The van der Waals surface area contributed by atoms with Crippen molar-refractivity contribution < 1.29 is 15.0 Å². The van der Waals surface area contributed by atoms with Crippen LogP contribution in [0, 0.1) is 0 Å². The Labute approximate surface area is 139 Å². The fourth-order valence-electron chi connectivity index (χ4n) is 3.27. The third kappa shape index (κ3) is 2.36. The molecule has 0 radical (unpaired) electrons. The van der Waals surface area contributed by atoms with E-state index in [2.05, 4.69) is 30.3 Å². The number of benzene rings is 3. The number of nitrogens with zero attached hydrogens (tertiary/aromatic N) is 1. The van der Waals surface area contributed by atoms with E-state index in [1.54, 1.807) is 11.0 Å². The summed E-state index contributed by atoms with van der Waals surface area (Å²) < 4.78 is 0. The Hall–Kier alpha value is -3.01. The number of carbonyl (C=O) groups is 1. The number of fused-ring (bicyclic) bond motifs is 2. The molecule has 0 bridgehead atoms. The van der Waals surface area contributed by atoms with Gasteiger partial charge < -0.3 is 15.1 Å². The van der Waals surface area contributed by atoms with Crippen molar-refractivity contribution in [1.29, 1.82) is 0 Å². The summed E-state index contributed by atoms with van der Waals surface area (Å²) in [5.41, 5.74) is 2.16. The van der Waals surface area contributed by atoms with Crippen LogP contribution < -0.4 is 0 Å². The summed E-state index contributed by atoms with van der Waals surface area (Å²) in [4.78, 5) is 14.2. The monoisotopic (exact) mass is 319 g/mol. The van der Waals surface area contributed by atoms with Gasteiger partial charge in [-0.25, -0.2) is 0 Å². The van der Waals surface area contributed by atoms with Gasteiger partial charge in [0.1, 0.15) is 0 Å². The van der Waals surface area contributed by atoms with Crippen molar-refractivity contribution in [3.63, 3.8) is 0 Å². The molecule has 24 heavy (non-hydrogen) atoms. The highest BCUT2D eigenvalue weighted by Gasteiger charge is 2.31. The molecule has 0 spiro atoms. The number of hydrogen-bond acceptors (Lipinski definition) is 3. The lowest BCUT2D eigenvalue weighted by Gasteiger charge is -2.15. The van der Waals surface area contributed by atoms with Crippen LogP contribution in [0.4, 0.5) is 0 Å². The van der Waals surface area contributed by atoms with Crippen molar-refractivity contribution >= 4 is 16.7 Å². The molecule has 0 atom stereocenters. The van der Waals surface area contributed by atoms with Gasteiger partial charge in [0, 0.05) is 13.1 Å². The minimum atomic E-state index is -0.314. The predicted molar refractivity (Wildman–Crippen MR) is 92.2 cm³/mol. The fraction of sp³-hybridized carbons (Fsp3) is 0.150. The molecule has 0 aliphatic carbocycles. The second-order valence-corrected chi connectivity index (χ2v) is 6.13. The minimum absolute atomic E-state index is 0.223. The van der Waals surface area contributed by atoms with Crippen molar-refractivity contribution in [2.24, 2.45) is 0 Å². The summed E-state index contributed by atoms with van der Waals surface area (Å²) in [5.74, 6) is -0.789. The van der Waals surface area contributed by atoms with Crippen LogP contribution in [0.3, 0.4) is 0 Å². The Bertz CT molecular complexity index is 949. The Morgan fingerprint density at radius 2 is 1.75 bits per heavy atom. The molecule has 0 fully saturated rings. The molecule has 0 unspecified atom stereocenters. The van der Waals surface area contributed by atoms with Crippen molar-refractivity contribution in [2.75, 3.05) is 6.54 Å². The van der Waals surface area contributed by atoms with E-state index in [4.69, 9.17) is 0 Å². The zero-order valence-electron chi connectivity index (χ0n) is 13.1. The van der Waals surface area contributed by atoms with E-state index < -0.39 is 0 Å². The third-order valence-corrected chi connectivity index (χ3v) is 4.59. The number of amides is 1. The maximum Gasteiger partial charge on any atom is 0.258 e. The van der Waals surface area contributed by atoms with Gasteiger partial charge in [-0.1, -0.05) is 48.5 Å². The Morgan fingerprint density at radius 1 is 0.958 bits per heavy atom. The molecule has 0 aromatic heterocycles. The molecule has 1 aliphatic heterocycles. The minimum Gasteiger partial charge on any atom is -0.504 e. The summed E-state index contributed by atoms with van der Waals surface area (Å²) in [6.45, 7) is 1.04. The lowest BCUT2D eigenvalue weighted by molar-refractivity contribution is 0.0777. The molecule has 120 valence electrons. The second kappa shape index (κ2) is 5.57. The molecule has 3 aromatic carbocycles. The molecule has 0 saturated heterocycles. The first-order valence-corrected chi connectivity index (χ1v) is 7.94. The summed E-state index contributed by atoms with van der Waals surface area (Å²) in [7, 11) is 0. The predicted octanol–water partition coefficient (Wildman–Crippen LogP) is 3.45. The highest BCUT2D eigenvalue weighted by atomic mass is 16.3. The Kier molecular flexibility index (Phi) is 3.38. The number of rotatable bonds is 3. The molecule has 4 rings (SSSR count). The van der Waals surface area contributed by atoms with E-state index in [9.17, 15) is 15.0 Å². The second-order valence-electron chi connectivity index (χ2n) is 6.13. The molecule has 4 heteroatoms. The van der Waals surface area contributed by atoms with Gasteiger partial charge in [0.15, 0.2) is 11.5 Å². The highest BCUT2D eigenvalue weighted by Crippen LogP contribution is 2.36. The first-order valence-electron chi connectivity index (χ1n) is 7.94. The van der Waals surface area contributed by atoms with E-state index in [-0.39, 0.29) is 23.0 Å². The molecule has 4 nitrogen and oxygen atoms in total. The molecule has 1 aliphatic rings. The molecular formula is C20H17NO3. The molecule has 3 aromatic rings. The normalized spacial score (nSPS) is 13.5. The van der Waals surface area contributed by atoms with Crippen LogP contribution in [0.25, 0.3) is 10.8 Å². The molecule has 1 amide bonds. The topological polar surface area (TPSA) is 60.8 Å². The van der Waals surface area contributed by atoms with Gasteiger partial charge in [-0.05, 0) is 34.4 Å². The fourth-order valence-corrected chi connectivity index (χ4v) is 3.27. The van der Waals surface area contributed by atoms with Crippen LogP contribution in [0.5, 0.6) is 11.5 Å². The van der Waals surface area contributed by atoms with Gasteiger partial charge >= 0.3 is 0 Å². The maximum atomic E-state index is 12.5. The van der Waals surface area contributed by atoms with E-state index in [1.807, 2.05) is 12.1 Å². The van der Waals surface area contributed by atoms with Crippen molar-refractivity contribution in [3.05, 3.63) is 71.3 Å². The Balaban J connectivity index is 1.52. The number of phenolic OH excluding ortho intramolecular Hbond substituents is 2. The average molecular weight is 319 g/mol. The van der Waals surface area contributed by atoms with E-state index >= 15 is 0 Å². The maximum absolute atomic E-state index is 12.5. The zero-order valence-corrected chi connectivity index (χ0v) is 13.1. The van der Waals surface area contributed by atoms with Gasteiger partial charge in [0.25, 0.3) is 5.91 Å². The van der Waals surface area contributed by atoms with Gasteiger partial charge in [-0.3, -0.25) is 4.79 Å². The number of carbonyl (C=O) groups excluding carboxylic acids is 1. The molecular weight excluding hydrogens is 302 g/mol. The van der Waals surface area contributed by atoms with Crippen LogP contribution in [0.1, 0.15) is 21.5 Å². The number of phenols is 2. The molecule has 2 N–H and O–H groups in total. The van der Waals surface area contributed by atoms with Gasteiger partial charge in [0.2, 0.25) is 0 Å². The van der Waals surface area contributed by atoms with Crippen molar-refractivity contribution in [1.82, 2.24) is 4.90 Å². The van der Waals surface area contributed by atoms with Crippen LogP contribution in [-0.4, -0.2) is 27.6 Å². The van der Waals surface area contributed by atoms with Crippen LogP contribution in [-0.2, 0) is 13.0 Å². The van der Waals surface area contributed by atoms with E-state index in [0.29, 0.717) is 13.1 Å². The number of aromatic hydroxyl groups is 2. The molecule has 0 saturated carbocycles. The highest BCUT2D eigenvalue weighted by molar-refractivity contribution is 6.01. The lowest BCUT2D eigenvalue weighted by Crippen LogP contribution is -2.26. The lowest BCUT2D eigenvalue weighted by atomic mass is 10.1. The van der Waals surface area contributed by atoms with Gasteiger partial charge in [0.05, 0.1) is 5.56 Å². The third-order valence-electron chi connectivity index (χ3n) is 4.59. The largest absolute Gasteiger partial charge is 0.504 e. The zero-order chi connectivity index (χ0) is 16.7. The summed E-state index contributed by atoms with van der Waals surface area (Å²) >= 11 is 0. The first kappa shape index (κ1) is 14.6. The smallest absolute Gasteiger partial charge is 0.258 e. The van der Waals surface area contributed by atoms with Crippen LogP contribution in [0.2, 0.25) is 0 Å². The SMILES string of the molecule is O=C1c2c(ccc(O)c2O)CN1CCc1ccc2ccccc2c1. The summed E-state index contributed by atoms with van der Waals surface area (Å²) in [6, 6.07) is 17.6. The first-order chi connectivity index (χ1) is 11.6. The van der Waals surface area contributed by atoms with Crippen molar-refractivity contribution in [2.45, 2.75) is 13.0 Å². The summed E-state index contributed by atoms with van der Waals surface area (Å²) in [6.07, 6.45) is 0.747. The van der Waals surface area contributed by atoms with Gasteiger partial charge in [-0.15, -0.1) is 0 Å². The van der Waals surface area contributed by atoms with Crippen LogP contribution in [0.15, 0.2) is 54.6 Å².